The molecule has 0 aliphatic carbocycles. The molecule has 0 aliphatic heterocycles. The Labute approximate surface area is 125 Å². The second-order valence-electron chi connectivity index (χ2n) is 4.20. The summed E-state index contributed by atoms with van der Waals surface area (Å²) in [6, 6.07) is 12.7. The fraction of sp³-hybridized carbons (Fsp3) is 0.0714. The summed E-state index contributed by atoms with van der Waals surface area (Å²) < 4.78 is 25.1. The van der Waals surface area contributed by atoms with Crippen molar-refractivity contribution in [3.8, 4) is 0 Å². The summed E-state index contributed by atoms with van der Waals surface area (Å²) in [5.41, 5.74) is 0.597. The van der Waals surface area contributed by atoms with E-state index < -0.39 is 15.8 Å². The van der Waals surface area contributed by atoms with Gasteiger partial charge in [-0.1, -0.05) is 30.3 Å². The van der Waals surface area contributed by atoms with E-state index in [1.54, 1.807) is 30.3 Å². The number of sulfone groups is 1. The molecule has 0 amide bonds. The van der Waals surface area contributed by atoms with Crippen molar-refractivity contribution in [2.75, 3.05) is 0 Å². The van der Waals surface area contributed by atoms with Gasteiger partial charge in [0.15, 0.2) is 9.84 Å². The van der Waals surface area contributed by atoms with E-state index >= 15 is 0 Å². The number of benzene rings is 2. The molecule has 0 atom stereocenters. The highest BCUT2D eigenvalue weighted by Crippen LogP contribution is 2.26. The third-order valence-corrected chi connectivity index (χ3v) is 5.39. The Morgan fingerprint density at radius 1 is 1.10 bits per heavy atom. The molecule has 0 unspecified atom stereocenters. The van der Waals surface area contributed by atoms with Crippen LogP contribution in [0.5, 0.6) is 0 Å². The quantitative estimate of drug-likeness (QED) is 0.915. The first-order valence-electron chi connectivity index (χ1n) is 5.70. The van der Waals surface area contributed by atoms with E-state index in [4.69, 9.17) is 5.11 Å². The van der Waals surface area contributed by atoms with E-state index in [1.165, 1.54) is 18.2 Å². The van der Waals surface area contributed by atoms with Gasteiger partial charge in [-0.25, -0.2) is 13.2 Å². The molecule has 2 aromatic rings. The van der Waals surface area contributed by atoms with Gasteiger partial charge in [-0.15, -0.1) is 0 Å². The molecule has 0 bridgehead atoms. The number of hydrogen-bond acceptors (Lipinski definition) is 3. The van der Waals surface area contributed by atoms with Crippen LogP contribution in [0.4, 0.5) is 0 Å². The molecule has 0 fully saturated rings. The number of carboxylic acids is 1. The lowest BCUT2D eigenvalue weighted by Crippen LogP contribution is -2.07. The smallest absolute Gasteiger partial charge is 0.335 e. The molecular formula is C14H11BrO4S. The molecule has 0 aromatic heterocycles. The zero-order valence-electron chi connectivity index (χ0n) is 10.3. The standard InChI is InChI=1S/C14H11BrO4S/c15-12-7-6-11(14(16)17)8-13(12)20(18,19)9-10-4-2-1-3-5-10/h1-8H,9H2,(H,16,17). The molecule has 4 nitrogen and oxygen atoms in total. The fourth-order valence-corrected chi connectivity index (χ4v) is 4.19. The van der Waals surface area contributed by atoms with Gasteiger partial charge in [-0.2, -0.15) is 0 Å². The van der Waals surface area contributed by atoms with Crippen molar-refractivity contribution in [2.45, 2.75) is 10.6 Å². The van der Waals surface area contributed by atoms with Gasteiger partial charge >= 0.3 is 5.97 Å². The van der Waals surface area contributed by atoms with Gasteiger partial charge in [0, 0.05) is 4.47 Å². The van der Waals surface area contributed by atoms with Crippen molar-refractivity contribution in [1.29, 1.82) is 0 Å². The lowest BCUT2D eigenvalue weighted by atomic mass is 10.2. The first-order valence-corrected chi connectivity index (χ1v) is 8.14. The van der Waals surface area contributed by atoms with Crippen molar-refractivity contribution in [3.63, 3.8) is 0 Å². The molecular weight excluding hydrogens is 344 g/mol. The summed E-state index contributed by atoms with van der Waals surface area (Å²) in [4.78, 5) is 10.9. The van der Waals surface area contributed by atoms with E-state index in [9.17, 15) is 13.2 Å². The zero-order chi connectivity index (χ0) is 14.8. The first kappa shape index (κ1) is 14.7. The zero-order valence-corrected chi connectivity index (χ0v) is 12.7. The minimum atomic E-state index is -3.61. The molecule has 0 saturated heterocycles. The molecule has 0 saturated carbocycles. The van der Waals surface area contributed by atoms with Crippen molar-refractivity contribution in [3.05, 3.63) is 64.1 Å². The fourth-order valence-electron chi connectivity index (χ4n) is 1.75. The van der Waals surface area contributed by atoms with Gasteiger partial charge < -0.3 is 5.11 Å². The minimum Gasteiger partial charge on any atom is -0.478 e. The molecule has 2 aromatic carbocycles. The van der Waals surface area contributed by atoms with Gasteiger partial charge in [-0.3, -0.25) is 0 Å². The molecule has 104 valence electrons. The van der Waals surface area contributed by atoms with Gasteiger partial charge in [0.2, 0.25) is 0 Å². The molecule has 0 aliphatic rings. The summed E-state index contributed by atoms with van der Waals surface area (Å²) in [5.74, 6) is -1.33. The molecule has 2 rings (SSSR count). The highest BCUT2D eigenvalue weighted by atomic mass is 79.9. The molecule has 0 spiro atoms. The molecule has 1 N–H and O–H groups in total. The number of hydrogen-bond donors (Lipinski definition) is 1. The van der Waals surface area contributed by atoms with Crippen molar-refractivity contribution in [1.82, 2.24) is 0 Å². The summed E-state index contributed by atoms with van der Waals surface area (Å²) in [7, 11) is -3.61. The Morgan fingerprint density at radius 2 is 1.75 bits per heavy atom. The topological polar surface area (TPSA) is 71.4 Å². The Hall–Kier alpha value is -1.66. The monoisotopic (exact) mass is 354 g/mol. The molecule has 20 heavy (non-hydrogen) atoms. The first-order chi connectivity index (χ1) is 9.40. The third-order valence-electron chi connectivity index (χ3n) is 2.71. The van der Waals surface area contributed by atoms with E-state index in [-0.39, 0.29) is 16.2 Å². The maximum atomic E-state index is 12.4. The van der Waals surface area contributed by atoms with Crippen LogP contribution in [0.25, 0.3) is 0 Å². The van der Waals surface area contributed by atoms with Crippen LogP contribution >= 0.6 is 15.9 Å². The molecule has 6 heteroatoms. The number of carbonyl (C=O) groups is 1. The van der Waals surface area contributed by atoms with Gasteiger partial charge in [-0.05, 0) is 39.7 Å². The van der Waals surface area contributed by atoms with Crippen LogP contribution in [0.1, 0.15) is 15.9 Å². The number of rotatable bonds is 4. The minimum absolute atomic E-state index is 0.0127. The molecule has 0 heterocycles. The number of aromatic carboxylic acids is 1. The number of carboxylic acid groups (broad SMARTS) is 1. The van der Waals surface area contributed by atoms with Crippen LogP contribution in [-0.4, -0.2) is 19.5 Å². The maximum Gasteiger partial charge on any atom is 0.335 e. The predicted octanol–water partition coefficient (Wildman–Crippen LogP) is 3.12. The lowest BCUT2D eigenvalue weighted by molar-refractivity contribution is 0.0696. The van der Waals surface area contributed by atoms with Crippen molar-refractivity contribution < 1.29 is 18.3 Å². The van der Waals surface area contributed by atoms with E-state index in [1.807, 2.05) is 0 Å². The summed E-state index contributed by atoms with van der Waals surface area (Å²) in [5, 5.41) is 8.95. The van der Waals surface area contributed by atoms with Crippen LogP contribution in [0.3, 0.4) is 0 Å². The van der Waals surface area contributed by atoms with E-state index in [0.29, 0.717) is 10.0 Å². The van der Waals surface area contributed by atoms with Gasteiger partial charge in [0.05, 0.1) is 16.2 Å². The van der Waals surface area contributed by atoms with E-state index in [0.717, 1.165) is 0 Å². The van der Waals surface area contributed by atoms with Crippen LogP contribution in [0.2, 0.25) is 0 Å². The largest absolute Gasteiger partial charge is 0.478 e. The Balaban J connectivity index is 2.44. The van der Waals surface area contributed by atoms with Crippen molar-refractivity contribution in [2.24, 2.45) is 0 Å². The lowest BCUT2D eigenvalue weighted by Gasteiger charge is -2.08. The second-order valence-corrected chi connectivity index (χ2v) is 7.01. The maximum absolute atomic E-state index is 12.4. The van der Waals surface area contributed by atoms with Crippen LogP contribution in [-0.2, 0) is 15.6 Å². The molecule has 0 radical (unpaired) electrons. The predicted molar refractivity (Wildman–Crippen MR) is 78.4 cm³/mol. The highest BCUT2D eigenvalue weighted by Gasteiger charge is 2.20. The summed E-state index contributed by atoms with van der Waals surface area (Å²) >= 11 is 3.16. The van der Waals surface area contributed by atoms with Crippen LogP contribution in [0, 0.1) is 0 Å². The van der Waals surface area contributed by atoms with E-state index in [2.05, 4.69) is 15.9 Å². The number of halogens is 1. The highest BCUT2D eigenvalue weighted by molar-refractivity contribution is 9.10. The summed E-state index contributed by atoms with van der Waals surface area (Å²) in [6.45, 7) is 0. The second kappa shape index (κ2) is 5.76. The Bertz CT molecular complexity index is 739. The van der Waals surface area contributed by atoms with Crippen molar-refractivity contribution >= 4 is 31.7 Å². The van der Waals surface area contributed by atoms with Gasteiger partial charge in [0.25, 0.3) is 0 Å². The average Bonchev–Trinajstić information content (AvgIpc) is 2.39. The van der Waals surface area contributed by atoms with Gasteiger partial charge in [0.1, 0.15) is 0 Å². The van der Waals surface area contributed by atoms with Crippen LogP contribution in [0.15, 0.2) is 57.9 Å². The van der Waals surface area contributed by atoms with Crippen LogP contribution < -0.4 is 0 Å². The SMILES string of the molecule is O=C(O)c1ccc(Br)c(S(=O)(=O)Cc2ccccc2)c1. The summed E-state index contributed by atoms with van der Waals surface area (Å²) in [6.07, 6.45) is 0. The average molecular weight is 355 g/mol. The normalized spacial score (nSPS) is 11.2. The Kier molecular flexibility index (Phi) is 4.25. The Morgan fingerprint density at radius 3 is 2.35 bits per heavy atom. The third kappa shape index (κ3) is 3.26.